The van der Waals surface area contributed by atoms with E-state index in [9.17, 15) is 5.11 Å². The van der Waals surface area contributed by atoms with Crippen molar-refractivity contribution in [1.82, 2.24) is 4.98 Å². The SMILES string of the molecule is Oc1ccc(Cc2cccnc2)cc1Cl. The molecule has 0 unspecified atom stereocenters. The summed E-state index contributed by atoms with van der Waals surface area (Å²) in [7, 11) is 0. The van der Waals surface area contributed by atoms with Gasteiger partial charge in [-0.15, -0.1) is 0 Å². The standard InChI is InChI=1S/C12H10ClNO/c13-11-7-9(3-4-12(11)15)6-10-2-1-5-14-8-10/h1-5,7-8,15H,6H2. The number of halogens is 1. The number of nitrogens with zero attached hydrogens (tertiary/aromatic N) is 1. The predicted octanol–water partition coefficient (Wildman–Crippen LogP) is 3.03. The topological polar surface area (TPSA) is 33.1 Å². The molecular formula is C12H10ClNO. The average molecular weight is 220 g/mol. The van der Waals surface area contributed by atoms with Crippen LogP contribution in [0.4, 0.5) is 0 Å². The Morgan fingerprint density at radius 2 is 2.07 bits per heavy atom. The minimum Gasteiger partial charge on any atom is -0.506 e. The first-order valence-corrected chi connectivity index (χ1v) is 5.00. The van der Waals surface area contributed by atoms with Gasteiger partial charge in [0, 0.05) is 12.4 Å². The molecule has 0 radical (unpaired) electrons. The van der Waals surface area contributed by atoms with E-state index >= 15 is 0 Å². The Kier molecular flexibility index (Phi) is 2.88. The molecule has 0 bridgehead atoms. The molecule has 0 spiro atoms. The molecule has 1 aromatic carbocycles. The van der Waals surface area contributed by atoms with E-state index < -0.39 is 0 Å². The Labute approximate surface area is 93.2 Å². The number of hydrogen-bond acceptors (Lipinski definition) is 2. The summed E-state index contributed by atoms with van der Waals surface area (Å²) in [6, 6.07) is 9.14. The molecule has 0 aliphatic carbocycles. The van der Waals surface area contributed by atoms with Gasteiger partial charge in [0.1, 0.15) is 5.75 Å². The minimum atomic E-state index is 0.117. The summed E-state index contributed by atoms with van der Waals surface area (Å²) in [6.07, 6.45) is 4.34. The van der Waals surface area contributed by atoms with Gasteiger partial charge in [-0.05, 0) is 35.7 Å². The predicted molar refractivity (Wildman–Crippen MR) is 60.2 cm³/mol. The molecule has 1 heterocycles. The van der Waals surface area contributed by atoms with E-state index in [1.165, 1.54) is 0 Å². The maximum absolute atomic E-state index is 9.27. The van der Waals surface area contributed by atoms with E-state index in [0.29, 0.717) is 5.02 Å². The van der Waals surface area contributed by atoms with Crippen molar-refractivity contribution in [2.45, 2.75) is 6.42 Å². The lowest BCUT2D eigenvalue weighted by Gasteiger charge is -2.03. The number of rotatable bonds is 2. The van der Waals surface area contributed by atoms with Gasteiger partial charge >= 0.3 is 0 Å². The van der Waals surface area contributed by atoms with Crippen LogP contribution in [-0.4, -0.2) is 10.1 Å². The fourth-order valence-electron chi connectivity index (χ4n) is 1.40. The van der Waals surface area contributed by atoms with Crippen molar-refractivity contribution in [2.24, 2.45) is 0 Å². The largest absolute Gasteiger partial charge is 0.506 e. The van der Waals surface area contributed by atoms with E-state index in [4.69, 9.17) is 11.6 Å². The van der Waals surface area contributed by atoms with E-state index in [1.54, 1.807) is 18.3 Å². The van der Waals surface area contributed by atoms with E-state index in [2.05, 4.69) is 4.98 Å². The van der Waals surface area contributed by atoms with Gasteiger partial charge in [-0.2, -0.15) is 0 Å². The molecule has 15 heavy (non-hydrogen) atoms. The molecule has 2 aromatic rings. The second kappa shape index (κ2) is 4.32. The van der Waals surface area contributed by atoms with Crippen molar-refractivity contribution in [3.63, 3.8) is 0 Å². The molecule has 0 aliphatic heterocycles. The van der Waals surface area contributed by atoms with Crippen LogP contribution in [0.15, 0.2) is 42.7 Å². The first-order valence-electron chi connectivity index (χ1n) is 4.62. The molecule has 1 N–H and O–H groups in total. The quantitative estimate of drug-likeness (QED) is 0.842. The maximum atomic E-state index is 9.27. The van der Waals surface area contributed by atoms with Crippen LogP contribution in [-0.2, 0) is 6.42 Å². The molecule has 0 fully saturated rings. The highest BCUT2D eigenvalue weighted by Gasteiger charge is 2.00. The highest BCUT2D eigenvalue weighted by Crippen LogP contribution is 2.24. The third kappa shape index (κ3) is 2.48. The fourth-order valence-corrected chi connectivity index (χ4v) is 1.60. The first-order chi connectivity index (χ1) is 7.25. The van der Waals surface area contributed by atoms with Crippen molar-refractivity contribution < 1.29 is 5.11 Å². The van der Waals surface area contributed by atoms with Gasteiger partial charge in [-0.25, -0.2) is 0 Å². The zero-order valence-electron chi connectivity index (χ0n) is 8.02. The fraction of sp³-hybridized carbons (Fsp3) is 0.0833. The van der Waals surface area contributed by atoms with Crippen molar-refractivity contribution in [2.75, 3.05) is 0 Å². The molecule has 0 atom stereocenters. The van der Waals surface area contributed by atoms with Gasteiger partial charge in [-0.1, -0.05) is 23.7 Å². The summed E-state index contributed by atoms with van der Waals surface area (Å²) in [5.41, 5.74) is 2.19. The number of aromatic hydroxyl groups is 1. The van der Waals surface area contributed by atoms with E-state index in [0.717, 1.165) is 17.5 Å². The Balaban J connectivity index is 2.22. The normalized spacial score (nSPS) is 10.2. The molecule has 1 aromatic heterocycles. The van der Waals surface area contributed by atoms with Crippen LogP contribution in [0.25, 0.3) is 0 Å². The summed E-state index contributed by atoms with van der Waals surface area (Å²) in [4.78, 5) is 4.04. The van der Waals surface area contributed by atoms with Gasteiger partial charge in [0.25, 0.3) is 0 Å². The summed E-state index contributed by atoms with van der Waals surface area (Å²) in [5, 5.41) is 9.65. The third-order valence-corrected chi connectivity index (χ3v) is 2.45. The Morgan fingerprint density at radius 1 is 1.20 bits per heavy atom. The number of pyridine rings is 1. The molecule has 0 saturated carbocycles. The lowest BCUT2D eigenvalue weighted by atomic mass is 10.1. The van der Waals surface area contributed by atoms with Gasteiger partial charge in [-0.3, -0.25) is 4.98 Å². The Bertz CT molecular complexity index is 456. The van der Waals surface area contributed by atoms with Crippen LogP contribution in [0, 0.1) is 0 Å². The Morgan fingerprint density at radius 3 is 2.73 bits per heavy atom. The van der Waals surface area contributed by atoms with Gasteiger partial charge in [0.2, 0.25) is 0 Å². The van der Waals surface area contributed by atoms with Crippen LogP contribution < -0.4 is 0 Å². The van der Waals surface area contributed by atoms with E-state index in [1.807, 2.05) is 24.4 Å². The van der Waals surface area contributed by atoms with Crippen LogP contribution in [0.1, 0.15) is 11.1 Å². The number of phenolic OH excluding ortho intramolecular Hbond substituents is 1. The minimum absolute atomic E-state index is 0.117. The Hall–Kier alpha value is -1.54. The highest BCUT2D eigenvalue weighted by molar-refractivity contribution is 6.32. The van der Waals surface area contributed by atoms with Crippen molar-refractivity contribution in [1.29, 1.82) is 0 Å². The molecule has 2 nitrogen and oxygen atoms in total. The van der Waals surface area contributed by atoms with Crippen molar-refractivity contribution in [3.05, 3.63) is 58.9 Å². The molecule has 2 rings (SSSR count). The van der Waals surface area contributed by atoms with Crippen LogP contribution in [0.3, 0.4) is 0 Å². The van der Waals surface area contributed by atoms with Crippen molar-refractivity contribution >= 4 is 11.6 Å². The van der Waals surface area contributed by atoms with Crippen LogP contribution in [0.5, 0.6) is 5.75 Å². The number of hydrogen-bond donors (Lipinski definition) is 1. The van der Waals surface area contributed by atoms with Gasteiger partial charge in [0.15, 0.2) is 0 Å². The highest BCUT2D eigenvalue weighted by atomic mass is 35.5. The summed E-state index contributed by atoms with van der Waals surface area (Å²) in [5.74, 6) is 0.117. The van der Waals surface area contributed by atoms with Gasteiger partial charge < -0.3 is 5.11 Å². The molecule has 3 heteroatoms. The molecule has 0 saturated heterocycles. The lowest BCUT2D eigenvalue weighted by molar-refractivity contribution is 0.475. The zero-order valence-corrected chi connectivity index (χ0v) is 8.78. The second-order valence-electron chi connectivity index (χ2n) is 3.32. The first kappa shape index (κ1) is 9.99. The summed E-state index contributed by atoms with van der Waals surface area (Å²) >= 11 is 5.81. The van der Waals surface area contributed by atoms with Crippen LogP contribution in [0.2, 0.25) is 5.02 Å². The molecule has 0 amide bonds. The lowest BCUT2D eigenvalue weighted by Crippen LogP contribution is -1.88. The summed E-state index contributed by atoms with van der Waals surface area (Å²) in [6.45, 7) is 0. The number of phenols is 1. The second-order valence-corrected chi connectivity index (χ2v) is 3.73. The van der Waals surface area contributed by atoms with Gasteiger partial charge in [0.05, 0.1) is 5.02 Å². The van der Waals surface area contributed by atoms with Crippen molar-refractivity contribution in [3.8, 4) is 5.75 Å². The number of benzene rings is 1. The summed E-state index contributed by atoms with van der Waals surface area (Å²) < 4.78 is 0. The third-order valence-electron chi connectivity index (χ3n) is 2.14. The number of aromatic nitrogens is 1. The zero-order chi connectivity index (χ0) is 10.7. The smallest absolute Gasteiger partial charge is 0.134 e. The monoisotopic (exact) mass is 219 g/mol. The molecular weight excluding hydrogens is 210 g/mol. The van der Waals surface area contributed by atoms with Crippen LogP contribution >= 0.6 is 11.6 Å². The molecule has 76 valence electrons. The molecule has 0 aliphatic rings. The van der Waals surface area contributed by atoms with E-state index in [-0.39, 0.29) is 5.75 Å². The average Bonchev–Trinajstić information content (AvgIpc) is 2.25. The maximum Gasteiger partial charge on any atom is 0.134 e.